The predicted octanol–water partition coefficient (Wildman–Crippen LogP) is 7.19. The highest BCUT2D eigenvalue weighted by atomic mass is 16.5. The number of amides is 2. The van der Waals surface area contributed by atoms with E-state index in [0.717, 1.165) is 23.6 Å². The van der Waals surface area contributed by atoms with Gasteiger partial charge in [-0.05, 0) is 53.9 Å². The van der Waals surface area contributed by atoms with E-state index in [1.807, 2.05) is 73.8 Å². The molecule has 0 aromatic heterocycles. The molecule has 172 valence electrons. The maximum Gasteiger partial charge on any atom is 0.323 e. The summed E-state index contributed by atoms with van der Waals surface area (Å²) < 4.78 is 5.86. The van der Waals surface area contributed by atoms with Crippen molar-refractivity contribution in [2.45, 2.75) is 12.3 Å². The number of carbonyl (C=O) groups is 1. The molecule has 0 radical (unpaired) electrons. The average Bonchev–Trinajstić information content (AvgIpc) is 2.90. The van der Waals surface area contributed by atoms with Crippen LogP contribution in [0.15, 0.2) is 115 Å². The second-order valence-electron chi connectivity index (χ2n) is 8.33. The van der Waals surface area contributed by atoms with Gasteiger partial charge in [-0.1, -0.05) is 78.9 Å². The van der Waals surface area contributed by atoms with Gasteiger partial charge in [-0.3, -0.25) is 4.90 Å². The maximum absolute atomic E-state index is 13.1. The summed E-state index contributed by atoms with van der Waals surface area (Å²) in [6.45, 7) is 0.646. The molecule has 0 unspecified atom stereocenters. The van der Waals surface area contributed by atoms with Crippen LogP contribution in [0.3, 0.4) is 0 Å². The molecule has 4 aromatic carbocycles. The largest absolute Gasteiger partial charge is 0.457 e. The Kier molecular flexibility index (Phi) is 7.61. The Bertz CT molecular complexity index is 1120. The van der Waals surface area contributed by atoms with Crippen LogP contribution < -0.4 is 9.64 Å². The first kappa shape index (κ1) is 23.1. The van der Waals surface area contributed by atoms with E-state index in [2.05, 4.69) is 48.5 Å². The van der Waals surface area contributed by atoms with Gasteiger partial charge in [-0.15, -0.1) is 0 Å². The highest BCUT2D eigenvalue weighted by Crippen LogP contribution is 2.28. The molecule has 4 rings (SSSR count). The lowest BCUT2D eigenvalue weighted by Gasteiger charge is -2.27. The highest BCUT2D eigenvalue weighted by Gasteiger charge is 2.19. The van der Waals surface area contributed by atoms with E-state index in [4.69, 9.17) is 4.74 Å². The van der Waals surface area contributed by atoms with Crippen LogP contribution in [0.2, 0.25) is 0 Å². The minimum absolute atomic E-state index is 0.0448. The van der Waals surface area contributed by atoms with Crippen LogP contribution in [-0.4, -0.2) is 31.6 Å². The summed E-state index contributed by atoms with van der Waals surface area (Å²) in [4.78, 5) is 16.6. The fraction of sp³-hybridized carbons (Fsp3) is 0.167. The minimum Gasteiger partial charge on any atom is -0.457 e. The Morgan fingerprint density at radius 1 is 0.676 bits per heavy atom. The highest BCUT2D eigenvalue weighted by molar-refractivity contribution is 5.91. The first-order chi connectivity index (χ1) is 16.6. The van der Waals surface area contributed by atoms with Gasteiger partial charge in [-0.25, -0.2) is 4.79 Å². The summed E-state index contributed by atoms with van der Waals surface area (Å²) >= 11 is 0. The summed E-state index contributed by atoms with van der Waals surface area (Å²) in [5.74, 6) is 1.75. The number of hydrogen-bond acceptors (Lipinski definition) is 2. The molecule has 34 heavy (non-hydrogen) atoms. The summed E-state index contributed by atoms with van der Waals surface area (Å²) in [7, 11) is 3.66. The van der Waals surface area contributed by atoms with Crippen LogP contribution in [0.1, 0.15) is 23.5 Å². The van der Waals surface area contributed by atoms with Crippen LogP contribution in [0.25, 0.3) is 0 Å². The SMILES string of the molecule is CN(CCC(c1ccccc1)c1ccccc1)C(=O)N(C)c1ccc(Oc2ccccc2)cc1. The first-order valence-corrected chi connectivity index (χ1v) is 11.5. The topological polar surface area (TPSA) is 32.8 Å². The third-order valence-corrected chi connectivity index (χ3v) is 5.97. The Balaban J connectivity index is 1.39. The molecule has 0 aliphatic carbocycles. The summed E-state index contributed by atoms with van der Waals surface area (Å²) in [5, 5.41) is 0. The molecule has 0 heterocycles. The second-order valence-corrected chi connectivity index (χ2v) is 8.33. The van der Waals surface area contributed by atoms with Crippen molar-refractivity contribution >= 4 is 11.7 Å². The van der Waals surface area contributed by atoms with Crippen molar-refractivity contribution in [1.29, 1.82) is 0 Å². The number of benzene rings is 4. The van der Waals surface area contributed by atoms with Gasteiger partial charge >= 0.3 is 6.03 Å². The van der Waals surface area contributed by atoms with Gasteiger partial charge in [0.1, 0.15) is 11.5 Å². The van der Waals surface area contributed by atoms with Crippen molar-refractivity contribution < 1.29 is 9.53 Å². The molecular formula is C30H30N2O2. The van der Waals surface area contributed by atoms with Gasteiger partial charge < -0.3 is 9.64 Å². The van der Waals surface area contributed by atoms with Crippen molar-refractivity contribution in [1.82, 2.24) is 4.90 Å². The molecule has 0 saturated heterocycles. The molecule has 0 atom stereocenters. The third-order valence-electron chi connectivity index (χ3n) is 5.97. The quantitative estimate of drug-likeness (QED) is 0.285. The molecule has 0 saturated carbocycles. The van der Waals surface area contributed by atoms with Crippen LogP contribution in [0.4, 0.5) is 10.5 Å². The fourth-order valence-electron chi connectivity index (χ4n) is 4.04. The number of anilines is 1. The van der Waals surface area contributed by atoms with Crippen LogP contribution >= 0.6 is 0 Å². The Labute approximate surface area is 202 Å². The third kappa shape index (κ3) is 5.84. The Hall–Kier alpha value is -4.05. The lowest BCUT2D eigenvalue weighted by Crippen LogP contribution is -2.39. The van der Waals surface area contributed by atoms with E-state index in [1.165, 1.54) is 11.1 Å². The lowest BCUT2D eigenvalue weighted by molar-refractivity contribution is 0.215. The van der Waals surface area contributed by atoms with Crippen molar-refractivity contribution in [3.63, 3.8) is 0 Å². The Morgan fingerprint density at radius 2 is 1.15 bits per heavy atom. The summed E-state index contributed by atoms with van der Waals surface area (Å²) in [6, 6.07) is 38.2. The average molecular weight is 451 g/mol. The molecule has 0 fully saturated rings. The maximum atomic E-state index is 13.1. The van der Waals surface area contributed by atoms with Gasteiger partial charge in [0.2, 0.25) is 0 Å². The van der Waals surface area contributed by atoms with E-state index in [-0.39, 0.29) is 11.9 Å². The van der Waals surface area contributed by atoms with Crippen molar-refractivity contribution in [2.24, 2.45) is 0 Å². The van der Waals surface area contributed by atoms with Gasteiger partial charge in [0.05, 0.1) is 0 Å². The zero-order valence-corrected chi connectivity index (χ0v) is 19.7. The summed E-state index contributed by atoms with van der Waals surface area (Å²) in [5.41, 5.74) is 3.34. The van der Waals surface area contributed by atoms with E-state index in [1.54, 1.807) is 16.8 Å². The number of para-hydroxylation sites is 1. The number of nitrogens with zero attached hydrogens (tertiary/aromatic N) is 2. The molecule has 0 bridgehead atoms. The molecule has 0 spiro atoms. The van der Waals surface area contributed by atoms with Gasteiger partial charge in [0.25, 0.3) is 0 Å². The van der Waals surface area contributed by atoms with Gasteiger partial charge in [0.15, 0.2) is 0 Å². The molecule has 4 aromatic rings. The summed E-state index contributed by atoms with van der Waals surface area (Å²) in [6.07, 6.45) is 0.841. The van der Waals surface area contributed by atoms with E-state index >= 15 is 0 Å². The second kappa shape index (κ2) is 11.2. The molecule has 0 aliphatic heterocycles. The van der Waals surface area contributed by atoms with Crippen LogP contribution in [0.5, 0.6) is 11.5 Å². The molecule has 4 nitrogen and oxygen atoms in total. The molecule has 4 heteroatoms. The normalized spacial score (nSPS) is 10.7. The van der Waals surface area contributed by atoms with E-state index in [0.29, 0.717) is 6.54 Å². The van der Waals surface area contributed by atoms with Crippen molar-refractivity contribution in [3.8, 4) is 11.5 Å². The number of rotatable bonds is 8. The lowest BCUT2D eigenvalue weighted by atomic mass is 9.88. The number of ether oxygens (including phenoxy) is 1. The van der Waals surface area contributed by atoms with Crippen LogP contribution in [-0.2, 0) is 0 Å². The zero-order valence-electron chi connectivity index (χ0n) is 19.7. The number of carbonyl (C=O) groups excluding carboxylic acids is 1. The molecule has 0 N–H and O–H groups in total. The molecule has 2 amide bonds. The number of urea groups is 1. The number of hydrogen-bond donors (Lipinski definition) is 0. The first-order valence-electron chi connectivity index (χ1n) is 11.5. The fourth-order valence-corrected chi connectivity index (χ4v) is 4.04. The van der Waals surface area contributed by atoms with Crippen LogP contribution in [0, 0.1) is 0 Å². The van der Waals surface area contributed by atoms with E-state index in [9.17, 15) is 4.79 Å². The monoisotopic (exact) mass is 450 g/mol. The predicted molar refractivity (Wildman–Crippen MR) is 139 cm³/mol. The zero-order chi connectivity index (χ0) is 23.8. The molecular weight excluding hydrogens is 420 g/mol. The molecule has 0 aliphatic rings. The van der Waals surface area contributed by atoms with Crippen molar-refractivity contribution in [2.75, 3.05) is 25.5 Å². The van der Waals surface area contributed by atoms with Crippen molar-refractivity contribution in [3.05, 3.63) is 126 Å². The smallest absolute Gasteiger partial charge is 0.323 e. The van der Waals surface area contributed by atoms with Gasteiger partial charge in [-0.2, -0.15) is 0 Å². The Morgan fingerprint density at radius 3 is 1.68 bits per heavy atom. The van der Waals surface area contributed by atoms with E-state index < -0.39 is 0 Å². The standard InChI is InChI=1S/C30H30N2O2/c1-31(23-22-29(24-12-6-3-7-13-24)25-14-8-4-9-15-25)30(33)32(2)26-18-20-28(21-19-26)34-27-16-10-5-11-17-27/h3-21,29H,22-23H2,1-2H3. The minimum atomic E-state index is -0.0448. The van der Waals surface area contributed by atoms with Gasteiger partial charge in [0, 0.05) is 32.2 Å².